The van der Waals surface area contributed by atoms with Gasteiger partial charge in [0.05, 0.1) is 29.4 Å². The van der Waals surface area contributed by atoms with Crippen LogP contribution in [0, 0.1) is 0 Å². The molecule has 23 heteroatoms. The fourth-order valence-electron chi connectivity index (χ4n) is 13.5. The van der Waals surface area contributed by atoms with Gasteiger partial charge in [-0.3, -0.25) is 0 Å². The van der Waals surface area contributed by atoms with E-state index >= 15 is 0 Å². The minimum atomic E-state index is -3.13. The highest BCUT2D eigenvalue weighted by molar-refractivity contribution is 6.92. The summed E-state index contributed by atoms with van der Waals surface area (Å²) in [7, 11) is -4.88. The molecule has 0 aliphatic heterocycles. The molecule has 0 N–H and O–H groups in total. The van der Waals surface area contributed by atoms with Gasteiger partial charge in [-0.1, -0.05) is 253 Å². The quantitative estimate of drug-likeness (QED) is 0.0265. The second-order valence-electron chi connectivity index (χ2n) is 30.1. The average Bonchev–Trinajstić information content (AvgIpc) is 1.54. The zero-order valence-corrected chi connectivity index (χ0v) is 73.6. The Hall–Kier alpha value is 0.612. The Kier molecular flexibility index (Phi) is 50.9. The van der Waals surface area contributed by atoms with E-state index in [0.29, 0.717) is 6.61 Å². The number of hydrogen-bond acceptors (Lipinski definition) is 14. The Morgan fingerprint density at radius 2 is 0.419 bits per heavy atom. The molecular formula is C70H152O14Si9. The Labute approximate surface area is 585 Å². The van der Waals surface area contributed by atoms with Gasteiger partial charge in [0.25, 0.3) is 0 Å². The van der Waals surface area contributed by atoms with E-state index in [1.807, 2.05) is 6.92 Å². The molecule has 1 aromatic carbocycles. The molecular weight excluding hydrogens is 1320 g/mol. The maximum atomic E-state index is 7.89. The molecule has 0 unspecified atom stereocenters. The maximum Gasteiger partial charge on any atom is 0.500 e. The summed E-state index contributed by atoms with van der Waals surface area (Å²) < 4.78 is 74.9. The van der Waals surface area contributed by atoms with Gasteiger partial charge in [0.2, 0.25) is 0 Å². The first kappa shape index (κ1) is 91.6. The van der Waals surface area contributed by atoms with E-state index in [-0.39, 0.29) is 0 Å². The molecule has 0 aliphatic carbocycles. The molecule has 0 atom stereocenters. The van der Waals surface area contributed by atoms with Crippen molar-refractivity contribution < 1.29 is 62.0 Å². The first-order valence-corrected chi connectivity index (χ1v) is 61.2. The van der Waals surface area contributed by atoms with Gasteiger partial charge in [0.1, 0.15) is 0 Å². The van der Waals surface area contributed by atoms with Crippen molar-refractivity contribution >= 4 is 86.7 Å². The molecule has 0 saturated heterocycles. The molecule has 93 heavy (non-hydrogen) atoms. The normalized spacial score (nSPS) is 13.5. The van der Waals surface area contributed by atoms with E-state index in [9.17, 15) is 0 Å². The highest BCUT2D eigenvalue weighted by Gasteiger charge is 2.52. The lowest BCUT2D eigenvalue weighted by Gasteiger charge is -2.45. The van der Waals surface area contributed by atoms with Crippen molar-refractivity contribution in [2.45, 2.75) is 339 Å². The largest absolute Gasteiger partial charge is 0.500 e. The summed E-state index contributed by atoms with van der Waals surface area (Å²) in [6.45, 7) is 28.6. The van der Waals surface area contributed by atoms with Gasteiger partial charge < -0.3 is 52.2 Å². The van der Waals surface area contributed by atoms with Crippen molar-refractivity contribution in [3.8, 4) is 0 Å². The van der Waals surface area contributed by atoms with Crippen LogP contribution >= 0.6 is 0 Å². The molecule has 1 aromatic rings. The van der Waals surface area contributed by atoms with E-state index in [0.717, 1.165) is 81.0 Å². The van der Waals surface area contributed by atoms with Crippen LogP contribution in [0.1, 0.15) is 219 Å². The zero-order chi connectivity index (χ0) is 69.5. The second kappa shape index (κ2) is 51.7. The molecule has 0 amide bonds. The lowest BCUT2D eigenvalue weighted by molar-refractivity contribution is -0.291. The van der Waals surface area contributed by atoms with Crippen molar-refractivity contribution in [1.29, 1.82) is 0 Å². The Morgan fingerprint density at radius 1 is 0.226 bits per heavy atom. The van der Waals surface area contributed by atoms with Gasteiger partial charge in [0, 0.05) is 88.2 Å². The SMILES string of the molecule is CCOOCCCCCCCCCCC[Si](C)(C)c1ccc([Si](C)(C)CCCCCCCC[Si](O[Si](C)(C)CCCCCCCC[Si](OC)(OC)OC)(O[Si](C)(C)CCCCCCCC[Si](OC)(OC)OC)O[Si](C)(C)CCCCCCCC[Si](OC)(OC)OC)cc1. The third-order valence-corrected chi connectivity index (χ3v) is 51.3. The Morgan fingerprint density at radius 3 is 0.645 bits per heavy atom. The molecule has 0 aliphatic rings. The first-order chi connectivity index (χ1) is 44.3. The number of unbranched alkanes of at least 4 members (excludes halogenated alkanes) is 28. The predicted octanol–water partition coefficient (Wildman–Crippen LogP) is 20.6. The lowest BCUT2D eigenvalue weighted by atomic mass is 10.1. The third-order valence-electron chi connectivity index (χ3n) is 19.8. The summed E-state index contributed by atoms with van der Waals surface area (Å²) in [6.07, 6.45) is 40.7. The smallest absolute Gasteiger partial charge is 0.417 e. The summed E-state index contributed by atoms with van der Waals surface area (Å²) in [5.74, 6) is 0. The minimum Gasteiger partial charge on any atom is -0.417 e. The molecule has 0 bridgehead atoms. The standard InChI is InChI=1S/C70H152O14Si9/c1-21-80-81-59-45-35-25-23-22-24-26-36-46-60-85(11,12)69-55-57-70(58-56-69)86(13,14)61-47-37-27-31-44-54-68-93(82-87(15,16)62-48-38-28-32-41-51-65-90(71-2,72-3)73-4,83-88(17,18)63-49-39-29-33-42-52-66-91(74-5,75-6)76-7)84-89(19,20)64-50-40-30-34-43-53-67-92(77-8,78-9)79-10/h55-58H,21-54,59-68H2,1-20H3. The van der Waals surface area contributed by atoms with Gasteiger partial charge in [0.15, 0.2) is 25.0 Å². The van der Waals surface area contributed by atoms with Crippen molar-refractivity contribution in [1.82, 2.24) is 0 Å². The van der Waals surface area contributed by atoms with Crippen LogP contribution in [0.2, 0.25) is 120 Å². The number of rotatable bonds is 67. The maximum absolute atomic E-state index is 7.89. The fourth-order valence-corrected chi connectivity index (χ4v) is 42.0. The van der Waals surface area contributed by atoms with Crippen LogP contribution in [0.15, 0.2) is 24.3 Å². The van der Waals surface area contributed by atoms with E-state index in [1.165, 1.54) is 192 Å². The molecule has 0 heterocycles. The molecule has 0 aromatic heterocycles. The van der Waals surface area contributed by atoms with Crippen LogP contribution in [-0.4, -0.2) is 154 Å². The van der Waals surface area contributed by atoms with Gasteiger partial charge >= 0.3 is 35.2 Å². The number of benzene rings is 1. The highest BCUT2D eigenvalue weighted by Crippen LogP contribution is 2.36. The Bertz CT molecular complexity index is 1770. The molecule has 0 fully saturated rings. The van der Waals surface area contributed by atoms with E-state index in [2.05, 4.69) is 89.7 Å². The minimum absolute atomic E-state index is 0.627. The van der Waals surface area contributed by atoms with Crippen LogP contribution in [0.5, 0.6) is 0 Å². The molecule has 0 spiro atoms. The van der Waals surface area contributed by atoms with Crippen LogP contribution in [-0.2, 0) is 62.0 Å². The van der Waals surface area contributed by atoms with Crippen LogP contribution in [0.4, 0.5) is 0 Å². The summed E-state index contributed by atoms with van der Waals surface area (Å²) in [6, 6.07) is 19.8. The van der Waals surface area contributed by atoms with Crippen LogP contribution in [0.25, 0.3) is 0 Å². The van der Waals surface area contributed by atoms with Crippen molar-refractivity contribution in [3.63, 3.8) is 0 Å². The fraction of sp³-hybridized carbons (Fsp3) is 0.914. The second-order valence-corrected chi connectivity index (χ2v) is 65.5. The Balaban J connectivity index is 3.16. The third kappa shape index (κ3) is 41.3. The van der Waals surface area contributed by atoms with Gasteiger partial charge in [-0.05, 0) is 96.4 Å². The molecule has 14 nitrogen and oxygen atoms in total. The van der Waals surface area contributed by atoms with E-state index < -0.39 is 76.3 Å². The van der Waals surface area contributed by atoms with Crippen molar-refractivity contribution in [2.24, 2.45) is 0 Å². The van der Waals surface area contributed by atoms with Crippen molar-refractivity contribution in [2.75, 3.05) is 77.2 Å². The van der Waals surface area contributed by atoms with E-state index in [1.54, 1.807) is 74.4 Å². The van der Waals surface area contributed by atoms with E-state index in [4.69, 9.17) is 62.0 Å². The van der Waals surface area contributed by atoms with Gasteiger partial charge in [-0.2, -0.15) is 0 Å². The van der Waals surface area contributed by atoms with Crippen molar-refractivity contribution in [3.05, 3.63) is 24.3 Å². The van der Waals surface area contributed by atoms with Gasteiger partial charge in [-0.15, -0.1) is 0 Å². The lowest BCUT2D eigenvalue weighted by Crippen LogP contribution is -2.61. The topological polar surface area (TPSA) is 129 Å². The summed E-state index contributed by atoms with van der Waals surface area (Å²) in [5, 5.41) is 3.27. The number of hydrogen-bond donors (Lipinski definition) is 0. The predicted molar refractivity (Wildman–Crippen MR) is 416 cm³/mol. The summed E-state index contributed by atoms with van der Waals surface area (Å²) in [4.78, 5) is 10.1. The average molecular weight is 1470 g/mol. The molecule has 0 radical (unpaired) electrons. The van der Waals surface area contributed by atoms with Crippen LogP contribution < -0.4 is 10.4 Å². The highest BCUT2D eigenvalue weighted by atomic mass is 28.5. The molecule has 1 rings (SSSR count). The zero-order valence-electron chi connectivity index (χ0n) is 64.6. The molecule has 0 saturated carbocycles. The summed E-state index contributed by atoms with van der Waals surface area (Å²) >= 11 is 0. The molecule has 552 valence electrons. The monoisotopic (exact) mass is 1470 g/mol. The summed E-state index contributed by atoms with van der Waals surface area (Å²) in [5.41, 5.74) is 0. The van der Waals surface area contributed by atoms with Gasteiger partial charge in [-0.25, -0.2) is 9.78 Å². The first-order valence-electron chi connectivity index (χ1n) is 37.7. The van der Waals surface area contributed by atoms with Crippen LogP contribution in [0.3, 0.4) is 0 Å².